The van der Waals surface area contributed by atoms with Crippen molar-refractivity contribution in [3.05, 3.63) is 34.5 Å². The minimum atomic E-state index is -0.856. The fourth-order valence-electron chi connectivity index (χ4n) is 1.98. The maximum atomic E-state index is 10.8. The second-order valence-corrected chi connectivity index (χ2v) is 6.63. The molecule has 1 N–H and O–H groups in total. The van der Waals surface area contributed by atoms with Gasteiger partial charge in [0.15, 0.2) is 5.16 Å². The number of carboxylic acids is 1. The van der Waals surface area contributed by atoms with Crippen LogP contribution in [0.25, 0.3) is 11.0 Å². The Bertz CT molecular complexity index is 796. The normalized spacial score (nSPS) is 11.1. The van der Waals surface area contributed by atoms with Crippen molar-refractivity contribution in [2.75, 3.05) is 5.75 Å². The summed E-state index contributed by atoms with van der Waals surface area (Å²) in [6, 6.07) is 1.89. The fraction of sp³-hybridized carbons (Fsp3) is 0.231. The zero-order valence-electron chi connectivity index (χ0n) is 11.2. The van der Waals surface area contributed by atoms with Gasteiger partial charge in [0.05, 0.1) is 29.0 Å². The van der Waals surface area contributed by atoms with Crippen LogP contribution in [0.3, 0.4) is 0 Å². The van der Waals surface area contributed by atoms with Crippen LogP contribution in [0.5, 0.6) is 0 Å². The molecule has 3 aromatic rings. The molecular formula is C13H12N4O2S2. The predicted octanol–water partition coefficient (Wildman–Crippen LogP) is 2.42. The average molecular weight is 320 g/mol. The van der Waals surface area contributed by atoms with E-state index in [1.165, 1.54) is 11.8 Å². The number of aromatic nitrogens is 4. The third-order valence-electron chi connectivity index (χ3n) is 2.82. The Morgan fingerprint density at radius 1 is 1.48 bits per heavy atom. The van der Waals surface area contributed by atoms with Crippen LogP contribution < -0.4 is 0 Å². The predicted molar refractivity (Wildman–Crippen MR) is 81.8 cm³/mol. The standard InChI is InChI=1S/C13H12N4O2S2/c1-8-15-4-9(21-8)6-17-11-2-3-14-5-10(11)16-13(17)20-7-12(18)19/h2-5H,6-7H2,1H3,(H,18,19). The van der Waals surface area contributed by atoms with Gasteiger partial charge < -0.3 is 9.67 Å². The van der Waals surface area contributed by atoms with Gasteiger partial charge in [0.25, 0.3) is 0 Å². The average Bonchev–Trinajstić information content (AvgIpc) is 3.01. The molecule has 0 aromatic carbocycles. The maximum Gasteiger partial charge on any atom is 0.313 e. The molecule has 0 saturated carbocycles. The highest BCUT2D eigenvalue weighted by Gasteiger charge is 2.14. The second-order valence-electron chi connectivity index (χ2n) is 4.37. The van der Waals surface area contributed by atoms with Crippen LogP contribution in [0.15, 0.2) is 29.8 Å². The number of aryl methyl sites for hydroxylation is 1. The van der Waals surface area contributed by atoms with Crippen LogP contribution in [0.2, 0.25) is 0 Å². The second kappa shape index (κ2) is 5.82. The molecule has 0 amide bonds. The van der Waals surface area contributed by atoms with E-state index in [-0.39, 0.29) is 5.75 Å². The summed E-state index contributed by atoms with van der Waals surface area (Å²) in [7, 11) is 0. The van der Waals surface area contributed by atoms with Crippen molar-refractivity contribution in [3.63, 3.8) is 0 Å². The zero-order valence-corrected chi connectivity index (χ0v) is 12.8. The molecule has 0 radical (unpaired) electrons. The quantitative estimate of drug-likeness (QED) is 0.727. The summed E-state index contributed by atoms with van der Waals surface area (Å²) >= 11 is 2.84. The van der Waals surface area contributed by atoms with Gasteiger partial charge in [-0.05, 0) is 13.0 Å². The minimum absolute atomic E-state index is 0.0154. The number of hydrogen-bond donors (Lipinski definition) is 1. The number of aliphatic carboxylic acids is 1. The molecule has 0 saturated heterocycles. The van der Waals surface area contributed by atoms with Crippen LogP contribution in [-0.4, -0.2) is 36.3 Å². The lowest BCUT2D eigenvalue weighted by atomic mass is 10.4. The van der Waals surface area contributed by atoms with Crippen LogP contribution in [-0.2, 0) is 11.3 Å². The first kappa shape index (κ1) is 14.0. The Balaban J connectivity index is 2.00. The van der Waals surface area contributed by atoms with Crippen molar-refractivity contribution >= 4 is 40.1 Å². The van der Waals surface area contributed by atoms with Gasteiger partial charge in [-0.15, -0.1) is 11.3 Å². The number of imidazole rings is 1. The van der Waals surface area contributed by atoms with Crippen molar-refractivity contribution in [3.8, 4) is 0 Å². The lowest BCUT2D eigenvalue weighted by Crippen LogP contribution is -2.03. The topological polar surface area (TPSA) is 80.9 Å². The van der Waals surface area contributed by atoms with Gasteiger partial charge in [-0.3, -0.25) is 9.78 Å². The fourth-order valence-corrected chi connectivity index (χ4v) is 3.50. The number of fused-ring (bicyclic) bond motifs is 1. The highest BCUT2D eigenvalue weighted by molar-refractivity contribution is 7.99. The van der Waals surface area contributed by atoms with Gasteiger partial charge in [0.2, 0.25) is 0 Å². The van der Waals surface area contributed by atoms with Crippen molar-refractivity contribution in [2.45, 2.75) is 18.6 Å². The summed E-state index contributed by atoms with van der Waals surface area (Å²) < 4.78 is 2.01. The maximum absolute atomic E-state index is 10.8. The summed E-state index contributed by atoms with van der Waals surface area (Å²) in [5.74, 6) is -0.872. The number of carboxylic acid groups (broad SMARTS) is 1. The molecule has 0 aliphatic heterocycles. The highest BCUT2D eigenvalue weighted by atomic mass is 32.2. The van der Waals surface area contributed by atoms with E-state index >= 15 is 0 Å². The van der Waals surface area contributed by atoms with E-state index in [2.05, 4.69) is 15.0 Å². The first-order chi connectivity index (χ1) is 10.1. The van der Waals surface area contributed by atoms with Gasteiger partial charge in [0, 0.05) is 17.3 Å². The van der Waals surface area contributed by atoms with Crippen LogP contribution in [0.4, 0.5) is 0 Å². The van der Waals surface area contributed by atoms with Crippen molar-refractivity contribution in [1.82, 2.24) is 19.5 Å². The Labute approximate surface area is 128 Å². The van der Waals surface area contributed by atoms with Gasteiger partial charge >= 0.3 is 5.97 Å². The molecule has 0 spiro atoms. The van der Waals surface area contributed by atoms with E-state index in [0.29, 0.717) is 11.7 Å². The van der Waals surface area contributed by atoms with Crippen molar-refractivity contribution in [1.29, 1.82) is 0 Å². The summed E-state index contributed by atoms with van der Waals surface area (Å²) in [4.78, 5) is 24.7. The molecule has 0 unspecified atom stereocenters. The minimum Gasteiger partial charge on any atom is -0.481 e. The van der Waals surface area contributed by atoms with Gasteiger partial charge in [-0.2, -0.15) is 0 Å². The number of rotatable bonds is 5. The first-order valence-corrected chi connectivity index (χ1v) is 8.00. The van der Waals surface area contributed by atoms with Gasteiger partial charge in [-0.25, -0.2) is 9.97 Å². The van der Waals surface area contributed by atoms with E-state index < -0.39 is 5.97 Å². The van der Waals surface area contributed by atoms with Gasteiger partial charge in [-0.1, -0.05) is 11.8 Å². The molecular weight excluding hydrogens is 308 g/mol. The van der Waals surface area contributed by atoms with Crippen LogP contribution >= 0.6 is 23.1 Å². The monoisotopic (exact) mass is 320 g/mol. The lowest BCUT2D eigenvalue weighted by molar-refractivity contribution is -0.133. The number of carbonyl (C=O) groups is 1. The van der Waals surface area contributed by atoms with E-state index in [4.69, 9.17) is 5.11 Å². The molecule has 0 aliphatic carbocycles. The van der Waals surface area contributed by atoms with Crippen LogP contribution in [0.1, 0.15) is 9.88 Å². The first-order valence-electron chi connectivity index (χ1n) is 6.19. The molecule has 21 heavy (non-hydrogen) atoms. The number of pyridine rings is 1. The number of thiazole rings is 1. The van der Waals surface area contributed by atoms with E-state index in [0.717, 1.165) is 20.9 Å². The summed E-state index contributed by atoms with van der Waals surface area (Å²) in [5, 5.41) is 10.6. The molecule has 8 heteroatoms. The molecule has 0 atom stereocenters. The Hall–Kier alpha value is -1.93. The molecule has 0 aliphatic rings. The van der Waals surface area contributed by atoms with Crippen LogP contribution in [0, 0.1) is 6.92 Å². The third-order valence-corrected chi connectivity index (χ3v) is 4.68. The summed E-state index contributed by atoms with van der Waals surface area (Å²) in [6.07, 6.45) is 5.25. The SMILES string of the molecule is Cc1ncc(Cn2c(SCC(=O)O)nc3cnccc32)s1. The van der Waals surface area contributed by atoms with E-state index in [9.17, 15) is 4.79 Å². The Morgan fingerprint density at radius 2 is 2.33 bits per heavy atom. The molecule has 3 aromatic heterocycles. The van der Waals surface area contributed by atoms with E-state index in [1.54, 1.807) is 23.7 Å². The molecule has 3 rings (SSSR count). The highest BCUT2D eigenvalue weighted by Crippen LogP contribution is 2.25. The molecule has 6 nitrogen and oxygen atoms in total. The van der Waals surface area contributed by atoms with Crippen molar-refractivity contribution in [2.24, 2.45) is 0 Å². The number of hydrogen-bond acceptors (Lipinski definition) is 6. The molecule has 0 bridgehead atoms. The summed E-state index contributed by atoms with van der Waals surface area (Å²) in [6.45, 7) is 2.60. The molecule has 3 heterocycles. The summed E-state index contributed by atoms with van der Waals surface area (Å²) in [5.41, 5.74) is 1.72. The molecule has 0 fully saturated rings. The molecule has 108 valence electrons. The van der Waals surface area contributed by atoms with Crippen molar-refractivity contribution < 1.29 is 9.90 Å². The Morgan fingerprint density at radius 3 is 3.05 bits per heavy atom. The lowest BCUT2D eigenvalue weighted by Gasteiger charge is -2.06. The number of nitrogens with zero attached hydrogens (tertiary/aromatic N) is 4. The largest absolute Gasteiger partial charge is 0.481 e. The zero-order chi connectivity index (χ0) is 14.8. The number of thioether (sulfide) groups is 1. The smallest absolute Gasteiger partial charge is 0.313 e. The van der Waals surface area contributed by atoms with Gasteiger partial charge in [0.1, 0.15) is 5.52 Å². The van der Waals surface area contributed by atoms with E-state index in [1.807, 2.05) is 23.8 Å². The Kier molecular flexibility index (Phi) is 3.89. The third kappa shape index (κ3) is 3.06.